The Hall–Kier alpha value is -3.09. The summed E-state index contributed by atoms with van der Waals surface area (Å²) in [6, 6.07) is 7.86. The molecule has 2 aromatic heterocycles. The summed E-state index contributed by atoms with van der Waals surface area (Å²) in [4.78, 5) is 26.3. The molecule has 0 spiro atoms. The first kappa shape index (κ1) is 15.4. The molecular weight excluding hydrogens is 320 g/mol. The van der Waals surface area contributed by atoms with Gasteiger partial charge in [0.2, 0.25) is 0 Å². The van der Waals surface area contributed by atoms with Gasteiger partial charge in [0.15, 0.2) is 11.6 Å². The normalized spacial score (nSPS) is 16.6. The number of aromatic amines is 1. The summed E-state index contributed by atoms with van der Waals surface area (Å²) < 4.78 is 10.5. The first-order valence-corrected chi connectivity index (χ1v) is 8.03. The van der Waals surface area contributed by atoms with E-state index >= 15 is 0 Å². The van der Waals surface area contributed by atoms with Gasteiger partial charge in [-0.25, -0.2) is 9.97 Å². The van der Waals surface area contributed by atoms with Gasteiger partial charge in [0.1, 0.15) is 12.0 Å². The summed E-state index contributed by atoms with van der Waals surface area (Å²) in [5, 5.41) is 0. The quantitative estimate of drug-likeness (QED) is 0.793. The van der Waals surface area contributed by atoms with Crippen molar-refractivity contribution < 1.29 is 13.9 Å². The second-order valence-electron chi connectivity index (χ2n) is 6.03. The number of amides is 1. The molecule has 1 unspecified atom stereocenters. The summed E-state index contributed by atoms with van der Waals surface area (Å²) >= 11 is 0. The number of ether oxygens (including phenoxy) is 1. The van der Waals surface area contributed by atoms with Crippen LogP contribution in [0.3, 0.4) is 0 Å². The summed E-state index contributed by atoms with van der Waals surface area (Å²) in [5.74, 6) is 1.09. The molecule has 0 saturated carbocycles. The van der Waals surface area contributed by atoms with E-state index in [0.29, 0.717) is 24.7 Å². The van der Waals surface area contributed by atoms with E-state index < -0.39 is 0 Å². The Morgan fingerprint density at radius 2 is 2.32 bits per heavy atom. The lowest BCUT2D eigenvalue weighted by Gasteiger charge is -2.32. The zero-order valence-electron chi connectivity index (χ0n) is 14.0. The maximum Gasteiger partial charge on any atom is 0.276 e. The molecule has 3 aromatic rings. The summed E-state index contributed by atoms with van der Waals surface area (Å²) in [7, 11) is 1.64. The van der Waals surface area contributed by atoms with Crippen LogP contribution in [-0.4, -0.2) is 39.4 Å². The number of nitrogens with zero attached hydrogens (tertiary/aromatic N) is 3. The second kappa shape index (κ2) is 6.08. The molecule has 0 bridgehead atoms. The number of carbonyl (C=O) groups excluding carboxylic acids is 1. The van der Waals surface area contributed by atoms with Crippen LogP contribution in [0.5, 0.6) is 5.75 Å². The molecular formula is C18H18N4O3. The third kappa shape index (κ3) is 2.77. The van der Waals surface area contributed by atoms with E-state index in [-0.39, 0.29) is 11.8 Å². The third-order valence-corrected chi connectivity index (χ3v) is 4.46. The van der Waals surface area contributed by atoms with Crippen LogP contribution in [0, 0.1) is 6.92 Å². The van der Waals surface area contributed by atoms with Crippen LogP contribution < -0.4 is 4.74 Å². The van der Waals surface area contributed by atoms with Crippen molar-refractivity contribution in [1.29, 1.82) is 0 Å². The number of aryl methyl sites for hydroxylation is 1. The Labute approximate surface area is 144 Å². The van der Waals surface area contributed by atoms with Gasteiger partial charge in [0.05, 0.1) is 31.4 Å². The molecule has 1 aliphatic heterocycles. The fourth-order valence-electron chi connectivity index (χ4n) is 3.22. The van der Waals surface area contributed by atoms with E-state index in [1.54, 1.807) is 25.3 Å². The highest BCUT2D eigenvalue weighted by Gasteiger charge is 2.32. The molecule has 1 aromatic carbocycles. The van der Waals surface area contributed by atoms with Gasteiger partial charge in [-0.05, 0) is 17.7 Å². The molecule has 7 heteroatoms. The SMILES string of the molecule is COc1cccc(C2CN(C(=O)c3coc(C)n3)Cc3[nH]cnc32)c1. The molecule has 3 heterocycles. The number of hydrogen-bond acceptors (Lipinski definition) is 5. The number of aromatic nitrogens is 3. The lowest BCUT2D eigenvalue weighted by Crippen LogP contribution is -2.39. The fraction of sp³-hybridized carbons (Fsp3) is 0.278. The maximum atomic E-state index is 12.8. The van der Waals surface area contributed by atoms with Crippen LogP contribution in [0.25, 0.3) is 0 Å². The van der Waals surface area contributed by atoms with Gasteiger partial charge in [-0.1, -0.05) is 12.1 Å². The molecule has 25 heavy (non-hydrogen) atoms. The Bertz CT molecular complexity index is 914. The average Bonchev–Trinajstić information content (AvgIpc) is 3.29. The van der Waals surface area contributed by atoms with E-state index in [4.69, 9.17) is 9.15 Å². The van der Waals surface area contributed by atoms with Gasteiger partial charge in [0, 0.05) is 19.4 Å². The van der Waals surface area contributed by atoms with Crippen LogP contribution in [0.2, 0.25) is 0 Å². The Morgan fingerprint density at radius 1 is 1.44 bits per heavy atom. The number of imidazole rings is 1. The predicted octanol–water partition coefficient (Wildman–Crippen LogP) is 2.50. The van der Waals surface area contributed by atoms with Gasteiger partial charge >= 0.3 is 0 Å². The lowest BCUT2D eigenvalue weighted by atomic mass is 9.90. The number of hydrogen-bond donors (Lipinski definition) is 1. The van der Waals surface area contributed by atoms with Crippen molar-refractivity contribution >= 4 is 5.91 Å². The smallest absolute Gasteiger partial charge is 0.276 e. The Morgan fingerprint density at radius 3 is 3.08 bits per heavy atom. The molecule has 7 nitrogen and oxygen atoms in total. The van der Waals surface area contributed by atoms with Gasteiger partial charge in [-0.15, -0.1) is 0 Å². The molecule has 4 rings (SSSR count). The monoisotopic (exact) mass is 338 g/mol. The van der Waals surface area contributed by atoms with Crippen LogP contribution in [-0.2, 0) is 6.54 Å². The number of oxazole rings is 1. The molecule has 0 saturated heterocycles. The first-order chi connectivity index (χ1) is 12.2. The van der Waals surface area contributed by atoms with Crippen LogP contribution in [0.1, 0.15) is 39.2 Å². The number of benzene rings is 1. The van der Waals surface area contributed by atoms with Crippen LogP contribution in [0.4, 0.5) is 0 Å². The molecule has 1 aliphatic rings. The molecule has 0 fully saturated rings. The minimum atomic E-state index is -0.148. The highest BCUT2D eigenvalue weighted by atomic mass is 16.5. The molecule has 0 radical (unpaired) electrons. The molecule has 1 atom stereocenters. The number of rotatable bonds is 3. The van der Waals surface area contributed by atoms with Crippen molar-refractivity contribution in [2.75, 3.05) is 13.7 Å². The molecule has 1 N–H and O–H groups in total. The van der Waals surface area contributed by atoms with E-state index in [0.717, 1.165) is 22.7 Å². The predicted molar refractivity (Wildman–Crippen MR) is 89.4 cm³/mol. The number of methoxy groups -OCH3 is 1. The average molecular weight is 338 g/mol. The summed E-state index contributed by atoms with van der Waals surface area (Å²) in [5.41, 5.74) is 3.28. The van der Waals surface area contributed by atoms with E-state index in [1.807, 2.05) is 24.3 Å². The van der Waals surface area contributed by atoms with Crippen molar-refractivity contribution in [2.45, 2.75) is 19.4 Å². The van der Waals surface area contributed by atoms with E-state index in [2.05, 4.69) is 15.0 Å². The number of fused-ring (bicyclic) bond motifs is 1. The minimum Gasteiger partial charge on any atom is -0.497 e. The van der Waals surface area contributed by atoms with Crippen molar-refractivity contribution in [3.05, 3.63) is 65.4 Å². The number of H-pyrrole nitrogens is 1. The van der Waals surface area contributed by atoms with Crippen molar-refractivity contribution in [1.82, 2.24) is 19.9 Å². The first-order valence-electron chi connectivity index (χ1n) is 8.03. The topological polar surface area (TPSA) is 84.2 Å². The molecule has 128 valence electrons. The Balaban J connectivity index is 1.69. The fourth-order valence-corrected chi connectivity index (χ4v) is 3.22. The Kier molecular flexibility index (Phi) is 3.76. The zero-order chi connectivity index (χ0) is 17.4. The van der Waals surface area contributed by atoms with Crippen LogP contribution >= 0.6 is 0 Å². The van der Waals surface area contributed by atoms with Crippen molar-refractivity contribution in [3.63, 3.8) is 0 Å². The number of carbonyl (C=O) groups is 1. The van der Waals surface area contributed by atoms with E-state index in [9.17, 15) is 4.79 Å². The molecule has 0 aliphatic carbocycles. The zero-order valence-corrected chi connectivity index (χ0v) is 14.0. The highest BCUT2D eigenvalue weighted by Crippen LogP contribution is 2.33. The summed E-state index contributed by atoms with van der Waals surface area (Å²) in [6.07, 6.45) is 3.08. The standard InChI is InChI=1S/C18H18N4O3/c1-11-21-16(9-25-11)18(23)22-7-14(17-15(8-22)19-10-20-17)12-4-3-5-13(6-12)24-2/h3-6,9-10,14H,7-8H2,1-2H3,(H,19,20). The summed E-state index contributed by atoms with van der Waals surface area (Å²) in [6.45, 7) is 2.72. The highest BCUT2D eigenvalue weighted by molar-refractivity contribution is 5.92. The van der Waals surface area contributed by atoms with Crippen molar-refractivity contribution in [3.8, 4) is 5.75 Å². The lowest BCUT2D eigenvalue weighted by molar-refractivity contribution is 0.0716. The van der Waals surface area contributed by atoms with Gasteiger partial charge in [0.25, 0.3) is 5.91 Å². The van der Waals surface area contributed by atoms with Gasteiger partial charge in [-0.2, -0.15) is 0 Å². The van der Waals surface area contributed by atoms with Crippen LogP contribution in [0.15, 0.2) is 41.3 Å². The van der Waals surface area contributed by atoms with Gasteiger partial charge in [-0.3, -0.25) is 4.79 Å². The molecule has 1 amide bonds. The van der Waals surface area contributed by atoms with Gasteiger partial charge < -0.3 is 19.0 Å². The maximum absolute atomic E-state index is 12.8. The largest absolute Gasteiger partial charge is 0.497 e. The third-order valence-electron chi connectivity index (χ3n) is 4.46. The number of nitrogens with one attached hydrogen (secondary N) is 1. The minimum absolute atomic E-state index is 0.0259. The van der Waals surface area contributed by atoms with Crippen molar-refractivity contribution in [2.24, 2.45) is 0 Å². The second-order valence-corrected chi connectivity index (χ2v) is 6.03. The van der Waals surface area contributed by atoms with E-state index in [1.165, 1.54) is 6.26 Å².